The minimum atomic E-state index is -1.60. The number of aliphatic hydroxyl groups excluding tert-OH is 4. The minimum absolute atomic E-state index is 0.121. The second-order valence-electron chi connectivity index (χ2n) is 6.44. The van der Waals surface area contributed by atoms with E-state index in [0.29, 0.717) is 12.6 Å². The zero-order chi connectivity index (χ0) is 20.8. The van der Waals surface area contributed by atoms with E-state index in [-0.39, 0.29) is 6.54 Å². The van der Waals surface area contributed by atoms with E-state index in [1.165, 1.54) is 14.2 Å². The van der Waals surface area contributed by atoms with Crippen LogP contribution in [-0.4, -0.2) is 122 Å². The first kappa shape index (κ1) is 23.2. The summed E-state index contributed by atoms with van der Waals surface area (Å²) in [7, 11) is 2.57. The van der Waals surface area contributed by atoms with Crippen LogP contribution in [0.2, 0.25) is 0 Å². The molecule has 2 fully saturated rings. The van der Waals surface area contributed by atoms with Crippen molar-refractivity contribution in [1.82, 2.24) is 5.32 Å². The summed E-state index contributed by atoms with van der Waals surface area (Å²) in [5.41, 5.74) is 0. The SMILES string of the molecule is COC1OC(CO)C(O)C(OC2OC(C=O)C(OC)C(O)C2O)C1NCC=O. The fourth-order valence-electron chi connectivity index (χ4n) is 3.34. The molecule has 2 aliphatic rings. The molecule has 10 unspecified atom stereocenters. The first-order valence-electron chi connectivity index (χ1n) is 8.72. The maximum Gasteiger partial charge on any atom is 0.187 e. The van der Waals surface area contributed by atoms with E-state index in [0.717, 1.165) is 0 Å². The van der Waals surface area contributed by atoms with E-state index in [9.17, 15) is 30.0 Å². The Morgan fingerprint density at radius 3 is 2.21 bits per heavy atom. The van der Waals surface area contributed by atoms with Crippen LogP contribution in [-0.2, 0) is 33.3 Å². The standard InChI is InChI=1S/C16H27NO11/c1-24-13-8(6-20)27-16(12(23)11(13)22)28-14-9(17-3-4-18)15(25-2)26-7(5-19)10(14)21/h4,6-17,19,21-23H,3,5H2,1-2H3. The fourth-order valence-corrected chi connectivity index (χ4v) is 3.34. The maximum atomic E-state index is 11.3. The third-order valence-electron chi connectivity index (χ3n) is 4.80. The molecule has 0 saturated carbocycles. The van der Waals surface area contributed by atoms with Gasteiger partial charge in [-0.05, 0) is 0 Å². The molecule has 12 heteroatoms. The largest absolute Gasteiger partial charge is 0.394 e. The second kappa shape index (κ2) is 10.6. The van der Waals surface area contributed by atoms with Crippen molar-refractivity contribution >= 4 is 12.6 Å². The van der Waals surface area contributed by atoms with Gasteiger partial charge >= 0.3 is 0 Å². The molecular formula is C16H27NO11. The predicted molar refractivity (Wildman–Crippen MR) is 89.0 cm³/mol. The van der Waals surface area contributed by atoms with Crippen LogP contribution in [0.4, 0.5) is 0 Å². The van der Waals surface area contributed by atoms with Gasteiger partial charge in [0, 0.05) is 14.2 Å². The average Bonchev–Trinajstić information content (AvgIpc) is 2.71. The summed E-state index contributed by atoms with van der Waals surface area (Å²) in [6.07, 6.45) is -10.6. The highest BCUT2D eigenvalue weighted by molar-refractivity contribution is 5.57. The normalized spacial score (nSPS) is 44.2. The summed E-state index contributed by atoms with van der Waals surface area (Å²) < 4.78 is 26.7. The number of nitrogens with one attached hydrogen (secondary N) is 1. The monoisotopic (exact) mass is 409 g/mol. The quantitative estimate of drug-likeness (QED) is 0.233. The summed E-state index contributed by atoms with van der Waals surface area (Å²) in [6, 6.07) is -0.893. The van der Waals surface area contributed by atoms with Gasteiger partial charge in [-0.3, -0.25) is 0 Å². The summed E-state index contributed by atoms with van der Waals surface area (Å²) in [6.45, 7) is -0.676. The molecule has 2 heterocycles. The number of carbonyl (C=O) groups excluding carboxylic acids is 2. The molecule has 0 amide bonds. The third-order valence-corrected chi connectivity index (χ3v) is 4.80. The molecule has 28 heavy (non-hydrogen) atoms. The van der Waals surface area contributed by atoms with Gasteiger partial charge < -0.3 is 59.0 Å². The molecule has 2 aliphatic heterocycles. The van der Waals surface area contributed by atoms with Crippen molar-refractivity contribution in [3.63, 3.8) is 0 Å². The Morgan fingerprint density at radius 2 is 1.68 bits per heavy atom. The fraction of sp³-hybridized carbons (Fsp3) is 0.875. The van der Waals surface area contributed by atoms with Gasteiger partial charge in [0.15, 0.2) is 18.9 Å². The zero-order valence-electron chi connectivity index (χ0n) is 15.5. The van der Waals surface area contributed by atoms with E-state index in [1.807, 2.05) is 0 Å². The second-order valence-corrected chi connectivity index (χ2v) is 6.44. The van der Waals surface area contributed by atoms with Crippen molar-refractivity contribution in [1.29, 1.82) is 0 Å². The Kier molecular flexibility index (Phi) is 8.82. The van der Waals surface area contributed by atoms with E-state index in [1.54, 1.807) is 0 Å². The van der Waals surface area contributed by atoms with Gasteiger partial charge in [-0.1, -0.05) is 0 Å². The van der Waals surface area contributed by atoms with E-state index in [2.05, 4.69) is 5.32 Å². The molecule has 5 N–H and O–H groups in total. The van der Waals surface area contributed by atoms with E-state index in [4.69, 9.17) is 23.7 Å². The van der Waals surface area contributed by atoms with Gasteiger partial charge in [-0.25, -0.2) is 0 Å². The third kappa shape index (κ3) is 4.74. The van der Waals surface area contributed by atoms with Gasteiger partial charge in [-0.2, -0.15) is 0 Å². The van der Waals surface area contributed by atoms with Crippen LogP contribution in [0.25, 0.3) is 0 Å². The lowest BCUT2D eigenvalue weighted by molar-refractivity contribution is -0.337. The van der Waals surface area contributed by atoms with Crippen LogP contribution in [0, 0.1) is 0 Å². The molecule has 0 spiro atoms. The molecule has 0 aromatic heterocycles. The number of carbonyl (C=O) groups is 2. The first-order chi connectivity index (χ1) is 13.4. The van der Waals surface area contributed by atoms with Gasteiger partial charge in [0.1, 0.15) is 49.0 Å². The average molecular weight is 409 g/mol. The maximum absolute atomic E-state index is 11.3. The van der Waals surface area contributed by atoms with Crippen LogP contribution in [0.1, 0.15) is 0 Å². The number of hydrogen-bond donors (Lipinski definition) is 5. The molecule has 2 saturated heterocycles. The summed E-state index contributed by atoms with van der Waals surface area (Å²) in [5, 5.41) is 43.3. The first-order valence-corrected chi connectivity index (χ1v) is 8.72. The van der Waals surface area contributed by atoms with Crippen molar-refractivity contribution in [3.8, 4) is 0 Å². The van der Waals surface area contributed by atoms with Crippen molar-refractivity contribution in [2.24, 2.45) is 0 Å². The van der Waals surface area contributed by atoms with Crippen LogP contribution >= 0.6 is 0 Å². The van der Waals surface area contributed by atoms with Crippen LogP contribution in [0.3, 0.4) is 0 Å². The topological polar surface area (TPSA) is 173 Å². The van der Waals surface area contributed by atoms with Crippen molar-refractivity contribution in [2.75, 3.05) is 27.4 Å². The van der Waals surface area contributed by atoms with Gasteiger partial charge in [-0.15, -0.1) is 0 Å². The Bertz CT molecular complexity index is 509. The molecule has 0 aromatic carbocycles. The van der Waals surface area contributed by atoms with Crippen LogP contribution in [0.15, 0.2) is 0 Å². The number of aliphatic hydroxyl groups is 4. The predicted octanol–water partition coefficient (Wildman–Crippen LogP) is -4.09. The lowest BCUT2D eigenvalue weighted by Crippen LogP contribution is -2.67. The molecule has 10 atom stereocenters. The molecule has 0 radical (unpaired) electrons. The van der Waals surface area contributed by atoms with Gasteiger partial charge in [0.05, 0.1) is 19.2 Å². The molecular weight excluding hydrogens is 382 g/mol. The molecule has 0 aromatic rings. The number of aldehydes is 2. The molecule has 0 bridgehead atoms. The van der Waals surface area contributed by atoms with Crippen molar-refractivity contribution in [2.45, 2.75) is 61.3 Å². The summed E-state index contributed by atoms with van der Waals surface area (Å²) in [5.74, 6) is 0. The Labute approximate surface area is 161 Å². The van der Waals surface area contributed by atoms with Crippen molar-refractivity contribution < 1.29 is 53.7 Å². The van der Waals surface area contributed by atoms with Crippen LogP contribution in [0.5, 0.6) is 0 Å². The lowest BCUT2D eigenvalue weighted by atomic mass is 9.95. The summed E-state index contributed by atoms with van der Waals surface area (Å²) >= 11 is 0. The van der Waals surface area contributed by atoms with Gasteiger partial charge in [0.2, 0.25) is 0 Å². The highest BCUT2D eigenvalue weighted by Gasteiger charge is 2.51. The summed E-state index contributed by atoms with van der Waals surface area (Å²) in [4.78, 5) is 22.0. The highest BCUT2D eigenvalue weighted by Crippen LogP contribution is 2.29. The number of rotatable bonds is 9. The Balaban J connectivity index is 2.24. The number of hydrogen-bond acceptors (Lipinski definition) is 12. The Morgan fingerprint density at radius 1 is 0.964 bits per heavy atom. The molecule has 0 aliphatic carbocycles. The van der Waals surface area contributed by atoms with Crippen LogP contribution < -0.4 is 5.32 Å². The number of methoxy groups -OCH3 is 2. The minimum Gasteiger partial charge on any atom is -0.394 e. The van der Waals surface area contributed by atoms with Gasteiger partial charge in [0.25, 0.3) is 0 Å². The highest BCUT2D eigenvalue weighted by atomic mass is 16.7. The van der Waals surface area contributed by atoms with E-state index >= 15 is 0 Å². The smallest absolute Gasteiger partial charge is 0.187 e. The lowest BCUT2D eigenvalue weighted by Gasteiger charge is -2.47. The zero-order valence-corrected chi connectivity index (χ0v) is 15.5. The Hall–Kier alpha value is -1.06. The number of ether oxygens (including phenoxy) is 5. The molecule has 162 valence electrons. The van der Waals surface area contributed by atoms with E-state index < -0.39 is 68.0 Å². The van der Waals surface area contributed by atoms with Crippen molar-refractivity contribution in [3.05, 3.63) is 0 Å². The molecule has 2 rings (SSSR count). The molecule has 12 nitrogen and oxygen atoms in total.